The van der Waals surface area contributed by atoms with Crippen LogP contribution in [0.25, 0.3) is 10.9 Å². The Morgan fingerprint density at radius 2 is 1.96 bits per heavy atom. The zero-order chi connectivity index (χ0) is 17.4. The lowest BCUT2D eigenvalue weighted by molar-refractivity contribution is 0.0946. The SMILES string of the molecule is Cc1cc(C)c2nc(C3CC3)cc(C(=O)NCC3CCCNC3)c2c1.Cl.Cl. The first-order valence-corrected chi connectivity index (χ1v) is 9.52. The van der Waals surface area contributed by atoms with E-state index in [1.165, 1.54) is 31.2 Å². The van der Waals surface area contributed by atoms with Crippen LogP contribution in [0.5, 0.6) is 0 Å². The summed E-state index contributed by atoms with van der Waals surface area (Å²) in [7, 11) is 0. The summed E-state index contributed by atoms with van der Waals surface area (Å²) in [4.78, 5) is 17.8. The minimum Gasteiger partial charge on any atom is -0.352 e. The second-order valence-corrected chi connectivity index (χ2v) is 7.77. The number of carbonyl (C=O) groups is 1. The molecule has 1 aromatic heterocycles. The molecule has 148 valence electrons. The van der Waals surface area contributed by atoms with Gasteiger partial charge >= 0.3 is 0 Å². The number of carbonyl (C=O) groups excluding carboxylic acids is 1. The summed E-state index contributed by atoms with van der Waals surface area (Å²) >= 11 is 0. The minimum absolute atomic E-state index is 0. The summed E-state index contributed by atoms with van der Waals surface area (Å²) in [5, 5.41) is 7.58. The first kappa shape index (κ1) is 21.9. The first-order valence-electron chi connectivity index (χ1n) is 9.52. The standard InChI is InChI=1S/C21H27N3O.2ClH/c1-13-8-14(2)20-17(9-13)18(10-19(24-20)16-5-6-16)21(25)23-12-15-4-3-7-22-11-15;;/h8-10,15-16,22H,3-7,11-12H2,1-2H3,(H,23,25);2*1H. The van der Waals surface area contributed by atoms with Gasteiger partial charge in [-0.1, -0.05) is 11.6 Å². The molecule has 0 spiro atoms. The van der Waals surface area contributed by atoms with Crippen molar-refractivity contribution in [3.63, 3.8) is 0 Å². The largest absolute Gasteiger partial charge is 0.352 e. The average Bonchev–Trinajstić information content (AvgIpc) is 3.45. The van der Waals surface area contributed by atoms with Gasteiger partial charge in [-0.15, -0.1) is 24.8 Å². The Balaban J connectivity index is 0.00000131. The summed E-state index contributed by atoms with van der Waals surface area (Å²) in [5.74, 6) is 1.13. The summed E-state index contributed by atoms with van der Waals surface area (Å²) < 4.78 is 0. The lowest BCUT2D eigenvalue weighted by Crippen LogP contribution is -2.38. The first-order chi connectivity index (χ1) is 12.1. The van der Waals surface area contributed by atoms with Gasteiger partial charge in [-0.2, -0.15) is 0 Å². The Morgan fingerprint density at radius 1 is 1.19 bits per heavy atom. The molecule has 1 aliphatic carbocycles. The van der Waals surface area contributed by atoms with Crippen molar-refractivity contribution < 1.29 is 4.79 Å². The number of hydrogen-bond donors (Lipinski definition) is 2. The summed E-state index contributed by atoms with van der Waals surface area (Å²) in [6, 6.07) is 6.29. The number of benzene rings is 1. The van der Waals surface area contributed by atoms with E-state index in [1.807, 2.05) is 6.07 Å². The Labute approximate surface area is 173 Å². The van der Waals surface area contributed by atoms with Crippen LogP contribution in [0.1, 0.15) is 58.8 Å². The minimum atomic E-state index is 0. The molecule has 2 heterocycles. The van der Waals surface area contributed by atoms with E-state index in [-0.39, 0.29) is 30.7 Å². The van der Waals surface area contributed by atoms with Gasteiger partial charge in [0.2, 0.25) is 0 Å². The van der Waals surface area contributed by atoms with Crippen molar-refractivity contribution in [3.8, 4) is 0 Å². The third-order valence-electron chi connectivity index (χ3n) is 5.46. The molecule has 4 nitrogen and oxygen atoms in total. The van der Waals surface area contributed by atoms with E-state index in [0.29, 0.717) is 11.8 Å². The second kappa shape index (κ2) is 9.22. The Morgan fingerprint density at radius 3 is 2.63 bits per heavy atom. The molecule has 2 aromatic rings. The number of hydrogen-bond acceptors (Lipinski definition) is 3. The molecule has 4 rings (SSSR count). The zero-order valence-corrected chi connectivity index (χ0v) is 17.6. The molecule has 6 heteroatoms. The van der Waals surface area contributed by atoms with Gasteiger partial charge < -0.3 is 10.6 Å². The number of nitrogens with zero attached hydrogens (tertiary/aromatic N) is 1. The van der Waals surface area contributed by atoms with Crippen molar-refractivity contribution in [2.45, 2.75) is 45.4 Å². The number of piperidine rings is 1. The van der Waals surface area contributed by atoms with E-state index in [2.05, 4.69) is 36.6 Å². The highest BCUT2D eigenvalue weighted by Gasteiger charge is 2.27. The van der Waals surface area contributed by atoms with Crippen LogP contribution in [0, 0.1) is 19.8 Å². The molecular formula is C21H29Cl2N3O. The lowest BCUT2D eigenvalue weighted by Gasteiger charge is -2.23. The van der Waals surface area contributed by atoms with Gasteiger partial charge in [0.15, 0.2) is 0 Å². The van der Waals surface area contributed by atoms with E-state index >= 15 is 0 Å². The van der Waals surface area contributed by atoms with Crippen LogP contribution in [-0.4, -0.2) is 30.5 Å². The average molecular weight is 410 g/mol. The topological polar surface area (TPSA) is 54.0 Å². The van der Waals surface area contributed by atoms with Crippen LogP contribution in [0.15, 0.2) is 18.2 Å². The molecule has 2 N–H and O–H groups in total. The molecule has 1 unspecified atom stereocenters. The maximum Gasteiger partial charge on any atom is 0.252 e. The van der Waals surface area contributed by atoms with Gasteiger partial charge in [-0.05, 0) is 76.2 Å². The summed E-state index contributed by atoms with van der Waals surface area (Å²) in [5.41, 5.74) is 5.20. The third kappa shape index (κ3) is 4.92. The molecule has 1 saturated carbocycles. The van der Waals surface area contributed by atoms with Crippen LogP contribution in [-0.2, 0) is 0 Å². The highest BCUT2D eigenvalue weighted by molar-refractivity contribution is 6.07. The fourth-order valence-electron chi connectivity index (χ4n) is 3.91. The number of amides is 1. The monoisotopic (exact) mass is 409 g/mol. The van der Waals surface area contributed by atoms with E-state index in [1.54, 1.807) is 0 Å². The highest BCUT2D eigenvalue weighted by atomic mass is 35.5. The predicted molar refractivity (Wildman–Crippen MR) is 116 cm³/mol. The van der Waals surface area contributed by atoms with E-state index in [4.69, 9.17) is 4.98 Å². The summed E-state index contributed by atoms with van der Waals surface area (Å²) in [6.45, 7) is 7.02. The van der Waals surface area contributed by atoms with Gasteiger partial charge in [-0.25, -0.2) is 0 Å². The number of aromatic nitrogens is 1. The van der Waals surface area contributed by atoms with Gasteiger partial charge in [0.1, 0.15) is 0 Å². The second-order valence-electron chi connectivity index (χ2n) is 7.77. The lowest BCUT2D eigenvalue weighted by atomic mass is 9.98. The van der Waals surface area contributed by atoms with Crippen molar-refractivity contribution >= 4 is 41.6 Å². The van der Waals surface area contributed by atoms with Crippen LogP contribution >= 0.6 is 24.8 Å². The number of halogens is 2. The molecule has 0 radical (unpaired) electrons. The molecule has 1 amide bonds. The number of rotatable bonds is 4. The number of fused-ring (bicyclic) bond motifs is 1. The maximum absolute atomic E-state index is 13.0. The van der Waals surface area contributed by atoms with Crippen molar-refractivity contribution in [2.75, 3.05) is 19.6 Å². The number of aryl methyl sites for hydroxylation is 2. The van der Waals surface area contributed by atoms with Crippen molar-refractivity contribution in [2.24, 2.45) is 5.92 Å². The molecule has 27 heavy (non-hydrogen) atoms. The number of nitrogens with one attached hydrogen (secondary N) is 2. The van der Waals surface area contributed by atoms with Gasteiger partial charge in [-0.3, -0.25) is 9.78 Å². The van der Waals surface area contributed by atoms with Crippen LogP contribution in [0.3, 0.4) is 0 Å². The molecule has 2 fully saturated rings. The summed E-state index contributed by atoms with van der Waals surface area (Å²) in [6.07, 6.45) is 4.77. The molecule has 1 atom stereocenters. The van der Waals surface area contributed by atoms with Crippen LogP contribution in [0.2, 0.25) is 0 Å². The molecule has 1 aromatic carbocycles. The van der Waals surface area contributed by atoms with E-state index in [9.17, 15) is 4.79 Å². The Kier molecular flexibility index (Phi) is 7.49. The fraction of sp³-hybridized carbons (Fsp3) is 0.524. The van der Waals surface area contributed by atoms with Gasteiger partial charge in [0, 0.05) is 23.5 Å². The fourth-order valence-corrected chi connectivity index (χ4v) is 3.91. The molecule has 1 aliphatic heterocycles. The van der Waals surface area contributed by atoms with E-state index < -0.39 is 0 Å². The Bertz CT molecular complexity index is 815. The molecular weight excluding hydrogens is 381 g/mol. The quantitative estimate of drug-likeness (QED) is 0.790. The van der Waals surface area contributed by atoms with Crippen molar-refractivity contribution in [3.05, 3.63) is 40.6 Å². The van der Waals surface area contributed by atoms with Crippen molar-refractivity contribution in [1.82, 2.24) is 15.6 Å². The smallest absolute Gasteiger partial charge is 0.252 e. The van der Waals surface area contributed by atoms with E-state index in [0.717, 1.165) is 47.4 Å². The number of pyridine rings is 1. The van der Waals surface area contributed by atoms with Crippen molar-refractivity contribution in [1.29, 1.82) is 0 Å². The molecule has 1 saturated heterocycles. The van der Waals surface area contributed by atoms with Gasteiger partial charge in [0.25, 0.3) is 5.91 Å². The third-order valence-corrected chi connectivity index (χ3v) is 5.46. The van der Waals surface area contributed by atoms with Gasteiger partial charge in [0.05, 0.1) is 11.1 Å². The van der Waals surface area contributed by atoms with Crippen LogP contribution in [0.4, 0.5) is 0 Å². The normalized spacial score (nSPS) is 19.1. The molecule has 2 aliphatic rings. The van der Waals surface area contributed by atoms with Crippen LogP contribution < -0.4 is 10.6 Å². The Hall–Kier alpha value is -1.36. The maximum atomic E-state index is 13.0. The predicted octanol–water partition coefficient (Wildman–Crippen LogP) is 4.30. The zero-order valence-electron chi connectivity index (χ0n) is 16.0. The highest BCUT2D eigenvalue weighted by Crippen LogP contribution is 2.40. The molecule has 0 bridgehead atoms.